The number of halogens is 3. The second-order valence-electron chi connectivity index (χ2n) is 8.71. The fraction of sp³-hybridized carbons (Fsp3) is 0.542. The number of rotatable bonds is 7. The maximum absolute atomic E-state index is 13.3. The molecule has 3 N–H and O–H groups in total. The van der Waals surface area contributed by atoms with E-state index in [2.05, 4.69) is 20.7 Å². The summed E-state index contributed by atoms with van der Waals surface area (Å²) in [5.74, 6) is -1.22. The number of carbonyl (C=O) groups excluding carboxylic acids is 3. The van der Waals surface area contributed by atoms with Crippen LogP contribution in [0.4, 0.5) is 18.0 Å². The molecule has 3 rings (SSSR count). The summed E-state index contributed by atoms with van der Waals surface area (Å²) in [6.07, 6.45) is -0.732. The first-order valence-corrected chi connectivity index (χ1v) is 11.9. The number of nitrogens with one attached hydrogen (secondary N) is 3. The third-order valence-electron chi connectivity index (χ3n) is 6.13. The number of hydrogen-bond donors (Lipinski definition) is 3. The third-order valence-corrected chi connectivity index (χ3v) is 6.13. The maximum Gasteiger partial charge on any atom is 0.573 e. The fourth-order valence-electron chi connectivity index (χ4n) is 4.27. The highest BCUT2D eigenvalue weighted by atomic mass is 19.4. The molecule has 2 heterocycles. The van der Waals surface area contributed by atoms with Crippen LogP contribution in [0.1, 0.15) is 38.2 Å². The fourth-order valence-corrected chi connectivity index (χ4v) is 4.27. The summed E-state index contributed by atoms with van der Waals surface area (Å²) in [4.78, 5) is 39.5. The molecule has 2 fully saturated rings. The predicted octanol–water partition coefficient (Wildman–Crippen LogP) is 2.57. The number of piperidine rings is 2. The zero-order valence-electron chi connectivity index (χ0n) is 20.0. The van der Waals surface area contributed by atoms with E-state index >= 15 is 0 Å². The van der Waals surface area contributed by atoms with Crippen LogP contribution in [-0.2, 0) is 14.3 Å². The van der Waals surface area contributed by atoms with Gasteiger partial charge in [-0.25, -0.2) is 4.79 Å². The van der Waals surface area contributed by atoms with Gasteiger partial charge in [0.1, 0.15) is 11.3 Å². The van der Waals surface area contributed by atoms with Crippen LogP contribution in [0.3, 0.4) is 0 Å². The molecular weight excluding hydrogens is 481 g/mol. The van der Waals surface area contributed by atoms with E-state index < -0.39 is 23.6 Å². The molecular formula is C24H31F3N4O5. The maximum atomic E-state index is 13.3. The number of alkyl halides is 3. The van der Waals surface area contributed by atoms with Crippen molar-refractivity contribution >= 4 is 24.0 Å². The molecule has 0 aromatic heterocycles. The molecule has 12 heteroatoms. The van der Waals surface area contributed by atoms with Gasteiger partial charge in [-0.3, -0.25) is 9.59 Å². The number of carbonyl (C=O) groups is 3. The number of amides is 3. The Morgan fingerprint density at radius 3 is 2.53 bits per heavy atom. The molecule has 2 aliphatic heterocycles. The lowest BCUT2D eigenvalue weighted by atomic mass is 9.86. The van der Waals surface area contributed by atoms with Gasteiger partial charge in [0.2, 0.25) is 11.8 Å². The van der Waals surface area contributed by atoms with Crippen molar-refractivity contribution < 1.29 is 37.0 Å². The minimum atomic E-state index is -4.82. The van der Waals surface area contributed by atoms with Crippen molar-refractivity contribution in [3.63, 3.8) is 0 Å². The molecule has 2 aliphatic rings. The molecule has 0 unspecified atom stereocenters. The molecule has 36 heavy (non-hydrogen) atoms. The number of ether oxygens (including phenoxy) is 2. The van der Waals surface area contributed by atoms with Crippen LogP contribution in [0, 0.1) is 0 Å². The van der Waals surface area contributed by atoms with Crippen molar-refractivity contribution in [1.82, 2.24) is 20.9 Å². The van der Waals surface area contributed by atoms with Gasteiger partial charge in [-0.05, 0) is 69.5 Å². The number of hydrogen-bond acceptors (Lipinski definition) is 6. The van der Waals surface area contributed by atoms with Gasteiger partial charge in [0.15, 0.2) is 0 Å². The Kier molecular flexibility index (Phi) is 9.19. The monoisotopic (exact) mass is 512 g/mol. The summed E-state index contributed by atoms with van der Waals surface area (Å²) in [5, 5.41) is 9.01. The quantitative estimate of drug-likeness (QED) is 0.485. The molecule has 0 radical (unpaired) electrons. The lowest BCUT2D eigenvalue weighted by molar-refractivity contribution is -0.274. The largest absolute Gasteiger partial charge is 0.573 e. The van der Waals surface area contributed by atoms with Crippen LogP contribution in [0.25, 0.3) is 6.08 Å². The van der Waals surface area contributed by atoms with Gasteiger partial charge in [0.05, 0.1) is 6.61 Å². The van der Waals surface area contributed by atoms with Crippen molar-refractivity contribution in [3.8, 4) is 5.75 Å². The van der Waals surface area contributed by atoms with Gasteiger partial charge < -0.3 is 30.3 Å². The SMILES string of the molecule is CCOC(=O)N1CCC(NC(=O)C2(NC(=O)/C=C/c3cccc(OC(F)(F)F)c3)CCNCC2)CC1. The van der Waals surface area contributed by atoms with Gasteiger partial charge in [-0.15, -0.1) is 13.2 Å². The van der Waals surface area contributed by atoms with Crippen molar-refractivity contribution in [3.05, 3.63) is 35.9 Å². The van der Waals surface area contributed by atoms with Crippen molar-refractivity contribution in [2.75, 3.05) is 32.8 Å². The lowest BCUT2D eigenvalue weighted by Crippen LogP contribution is -2.64. The van der Waals surface area contributed by atoms with Crippen LogP contribution >= 0.6 is 0 Å². The molecule has 198 valence electrons. The van der Waals surface area contributed by atoms with Crippen LogP contribution in [0.15, 0.2) is 30.3 Å². The predicted molar refractivity (Wildman–Crippen MR) is 125 cm³/mol. The van der Waals surface area contributed by atoms with Gasteiger partial charge in [0, 0.05) is 25.2 Å². The molecule has 0 aliphatic carbocycles. The Morgan fingerprint density at radius 2 is 1.89 bits per heavy atom. The Hall–Kier alpha value is -3.28. The number of likely N-dealkylation sites (tertiary alicyclic amines) is 1. The molecule has 1 aromatic rings. The summed E-state index contributed by atoms with van der Waals surface area (Å²) in [6.45, 7) is 4.04. The van der Waals surface area contributed by atoms with Crippen molar-refractivity contribution in [1.29, 1.82) is 0 Å². The zero-order valence-corrected chi connectivity index (χ0v) is 20.0. The molecule has 0 bridgehead atoms. The second kappa shape index (κ2) is 12.1. The second-order valence-corrected chi connectivity index (χ2v) is 8.71. The van der Waals surface area contributed by atoms with Gasteiger partial charge >= 0.3 is 12.5 Å². The van der Waals surface area contributed by atoms with Crippen LogP contribution in [0.2, 0.25) is 0 Å². The van der Waals surface area contributed by atoms with Crippen LogP contribution < -0.4 is 20.7 Å². The average molecular weight is 513 g/mol. The first-order valence-electron chi connectivity index (χ1n) is 11.9. The topological polar surface area (TPSA) is 109 Å². The van der Waals surface area contributed by atoms with Crippen molar-refractivity contribution in [2.45, 2.75) is 50.6 Å². The Balaban J connectivity index is 1.60. The summed E-state index contributed by atoms with van der Waals surface area (Å²) < 4.78 is 46.3. The summed E-state index contributed by atoms with van der Waals surface area (Å²) in [5.41, 5.74) is -0.782. The Bertz CT molecular complexity index is 955. The van der Waals surface area contributed by atoms with Gasteiger partial charge in [-0.1, -0.05) is 12.1 Å². The molecule has 9 nitrogen and oxygen atoms in total. The van der Waals surface area contributed by atoms with Gasteiger partial charge in [0.25, 0.3) is 0 Å². The van der Waals surface area contributed by atoms with E-state index in [0.717, 1.165) is 12.1 Å². The first-order chi connectivity index (χ1) is 17.1. The molecule has 0 saturated carbocycles. The summed E-state index contributed by atoms with van der Waals surface area (Å²) in [6, 6.07) is 5.10. The highest BCUT2D eigenvalue weighted by Gasteiger charge is 2.41. The highest BCUT2D eigenvalue weighted by Crippen LogP contribution is 2.24. The zero-order chi connectivity index (χ0) is 26.2. The van der Waals surface area contributed by atoms with E-state index in [-0.39, 0.29) is 18.0 Å². The average Bonchev–Trinajstić information content (AvgIpc) is 2.83. The van der Waals surface area contributed by atoms with E-state index in [4.69, 9.17) is 4.74 Å². The minimum absolute atomic E-state index is 0.140. The molecule has 3 amide bonds. The summed E-state index contributed by atoms with van der Waals surface area (Å²) >= 11 is 0. The smallest absolute Gasteiger partial charge is 0.450 e. The number of benzene rings is 1. The molecule has 0 spiro atoms. The third kappa shape index (κ3) is 7.87. The lowest BCUT2D eigenvalue weighted by Gasteiger charge is -2.39. The standard InChI is InChI=1S/C24H31F3N4O5/c1-2-35-22(34)31-14-8-18(9-15-31)29-21(33)23(10-12-28-13-11-23)30-20(32)7-6-17-4-3-5-19(16-17)36-24(25,26)27/h3-7,16,18,28H,2,8-15H2,1H3,(H,29,33)(H,30,32)/b7-6+. The van der Waals surface area contributed by atoms with Crippen molar-refractivity contribution in [2.24, 2.45) is 0 Å². The van der Waals surface area contributed by atoms with E-state index in [1.807, 2.05) is 0 Å². The first kappa shape index (κ1) is 27.3. The van der Waals surface area contributed by atoms with E-state index in [1.54, 1.807) is 11.8 Å². The highest BCUT2D eigenvalue weighted by molar-refractivity contribution is 5.97. The van der Waals surface area contributed by atoms with Crippen LogP contribution in [-0.4, -0.2) is 73.5 Å². The Labute approximate surface area is 207 Å². The minimum Gasteiger partial charge on any atom is -0.450 e. The van der Waals surface area contributed by atoms with E-state index in [9.17, 15) is 27.6 Å². The summed E-state index contributed by atoms with van der Waals surface area (Å²) in [7, 11) is 0. The number of nitrogens with zero attached hydrogens (tertiary/aromatic N) is 1. The van der Waals surface area contributed by atoms with Crippen LogP contribution in [0.5, 0.6) is 5.75 Å². The van der Waals surface area contributed by atoms with E-state index in [0.29, 0.717) is 64.0 Å². The normalized spacial score (nSPS) is 18.5. The van der Waals surface area contributed by atoms with Gasteiger partial charge in [-0.2, -0.15) is 0 Å². The molecule has 2 saturated heterocycles. The molecule has 0 atom stereocenters. The van der Waals surface area contributed by atoms with E-state index in [1.165, 1.54) is 24.3 Å². The Morgan fingerprint density at radius 1 is 1.19 bits per heavy atom. The molecule has 1 aromatic carbocycles.